The SMILES string of the molecule is Cc1ccccc1CN(C(=O)CN(c1cccc(Cl)c1)S(=O)(=O)c1ccccc1)C(Cc1ccccc1)C(=O)NCC(C)C. The molecule has 0 saturated heterocycles. The maximum absolute atomic E-state index is 14.5. The van der Waals surface area contributed by atoms with Crippen LogP contribution in [-0.2, 0) is 32.6 Å². The van der Waals surface area contributed by atoms with Crippen molar-refractivity contribution >= 4 is 39.1 Å². The second kappa shape index (κ2) is 15.0. The fourth-order valence-corrected chi connectivity index (χ4v) is 6.44. The smallest absolute Gasteiger partial charge is 0.264 e. The Hall–Kier alpha value is -4.14. The van der Waals surface area contributed by atoms with Gasteiger partial charge in [-0.25, -0.2) is 8.42 Å². The van der Waals surface area contributed by atoms with Crippen LogP contribution in [0.2, 0.25) is 5.02 Å². The van der Waals surface area contributed by atoms with Crippen molar-refractivity contribution in [2.24, 2.45) is 5.92 Å². The Morgan fingerprint density at radius 2 is 1.48 bits per heavy atom. The fraction of sp³-hybridized carbons (Fsp3) is 0.257. The highest BCUT2D eigenvalue weighted by atomic mass is 35.5. The van der Waals surface area contributed by atoms with Crippen molar-refractivity contribution in [2.75, 3.05) is 17.4 Å². The first-order chi connectivity index (χ1) is 21.1. The molecule has 0 fully saturated rings. The van der Waals surface area contributed by atoms with Crippen LogP contribution in [0.15, 0.2) is 114 Å². The molecule has 0 aliphatic heterocycles. The molecule has 4 aromatic carbocycles. The minimum absolute atomic E-state index is 0.0359. The predicted octanol–water partition coefficient (Wildman–Crippen LogP) is 6.26. The molecule has 0 aromatic heterocycles. The highest BCUT2D eigenvalue weighted by Crippen LogP contribution is 2.27. The lowest BCUT2D eigenvalue weighted by Gasteiger charge is -2.34. The zero-order valence-electron chi connectivity index (χ0n) is 25.2. The van der Waals surface area contributed by atoms with Gasteiger partial charge in [0.15, 0.2) is 0 Å². The molecule has 44 heavy (non-hydrogen) atoms. The van der Waals surface area contributed by atoms with Gasteiger partial charge in [-0.2, -0.15) is 0 Å². The van der Waals surface area contributed by atoms with Crippen LogP contribution in [0, 0.1) is 12.8 Å². The zero-order valence-corrected chi connectivity index (χ0v) is 26.8. The number of anilines is 1. The second-order valence-corrected chi connectivity index (χ2v) is 13.4. The third kappa shape index (κ3) is 8.49. The molecule has 1 unspecified atom stereocenters. The summed E-state index contributed by atoms with van der Waals surface area (Å²) >= 11 is 6.28. The summed E-state index contributed by atoms with van der Waals surface area (Å²) in [6, 6.07) is 30.6. The minimum atomic E-state index is -4.18. The van der Waals surface area contributed by atoms with E-state index in [-0.39, 0.29) is 35.4 Å². The molecule has 0 aliphatic rings. The number of hydrogen-bond donors (Lipinski definition) is 1. The lowest BCUT2D eigenvalue weighted by atomic mass is 10.0. The van der Waals surface area contributed by atoms with Crippen molar-refractivity contribution in [1.29, 1.82) is 0 Å². The van der Waals surface area contributed by atoms with Crippen LogP contribution in [0.3, 0.4) is 0 Å². The number of rotatable bonds is 13. The van der Waals surface area contributed by atoms with E-state index in [0.29, 0.717) is 11.6 Å². The lowest BCUT2D eigenvalue weighted by Crippen LogP contribution is -2.53. The topological polar surface area (TPSA) is 86.8 Å². The van der Waals surface area contributed by atoms with E-state index >= 15 is 0 Å². The molecular weight excluding hydrogens is 594 g/mol. The van der Waals surface area contributed by atoms with Crippen molar-refractivity contribution < 1.29 is 18.0 Å². The van der Waals surface area contributed by atoms with Gasteiger partial charge in [0.25, 0.3) is 10.0 Å². The number of halogens is 1. The molecule has 4 rings (SSSR count). The van der Waals surface area contributed by atoms with Gasteiger partial charge in [0.05, 0.1) is 10.6 Å². The fourth-order valence-electron chi connectivity index (χ4n) is 4.83. The average molecular weight is 632 g/mol. The third-order valence-corrected chi connectivity index (χ3v) is 9.29. The van der Waals surface area contributed by atoms with Gasteiger partial charge >= 0.3 is 0 Å². The molecule has 0 radical (unpaired) electrons. The number of nitrogens with one attached hydrogen (secondary N) is 1. The number of aryl methyl sites for hydroxylation is 1. The van der Waals surface area contributed by atoms with Gasteiger partial charge < -0.3 is 10.2 Å². The lowest BCUT2D eigenvalue weighted by molar-refractivity contribution is -0.140. The van der Waals surface area contributed by atoms with Crippen LogP contribution in [0.5, 0.6) is 0 Å². The molecule has 0 heterocycles. The summed E-state index contributed by atoms with van der Waals surface area (Å²) in [5.41, 5.74) is 2.93. The third-order valence-electron chi connectivity index (χ3n) is 7.26. The van der Waals surface area contributed by atoms with E-state index in [1.807, 2.05) is 75.4 Å². The van der Waals surface area contributed by atoms with E-state index in [1.165, 1.54) is 23.1 Å². The summed E-state index contributed by atoms with van der Waals surface area (Å²) in [4.78, 5) is 29.9. The highest BCUT2D eigenvalue weighted by Gasteiger charge is 2.34. The van der Waals surface area contributed by atoms with Crippen molar-refractivity contribution in [3.05, 3.63) is 131 Å². The highest BCUT2D eigenvalue weighted by molar-refractivity contribution is 7.92. The Balaban J connectivity index is 1.80. The first-order valence-electron chi connectivity index (χ1n) is 14.5. The molecule has 2 amide bonds. The number of benzene rings is 4. The van der Waals surface area contributed by atoms with Gasteiger partial charge in [-0.15, -0.1) is 0 Å². The summed E-state index contributed by atoms with van der Waals surface area (Å²) < 4.78 is 29.1. The van der Waals surface area contributed by atoms with Crippen molar-refractivity contribution in [1.82, 2.24) is 10.2 Å². The molecule has 9 heteroatoms. The monoisotopic (exact) mass is 631 g/mol. The van der Waals surface area contributed by atoms with Gasteiger partial charge in [-0.1, -0.05) is 104 Å². The predicted molar refractivity (Wildman–Crippen MR) is 176 cm³/mol. The molecule has 0 saturated carbocycles. The number of nitrogens with zero attached hydrogens (tertiary/aromatic N) is 2. The summed E-state index contributed by atoms with van der Waals surface area (Å²) in [5, 5.41) is 3.33. The van der Waals surface area contributed by atoms with E-state index in [4.69, 9.17) is 11.6 Å². The van der Waals surface area contributed by atoms with E-state index in [2.05, 4.69) is 5.32 Å². The maximum atomic E-state index is 14.5. The maximum Gasteiger partial charge on any atom is 0.264 e. The zero-order chi connectivity index (χ0) is 31.7. The largest absolute Gasteiger partial charge is 0.354 e. The van der Waals surface area contributed by atoms with Crippen LogP contribution in [0.25, 0.3) is 0 Å². The van der Waals surface area contributed by atoms with Crippen molar-refractivity contribution in [3.63, 3.8) is 0 Å². The van der Waals surface area contributed by atoms with Gasteiger partial charge in [0.2, 0.25) is 11.8 Å². The van der Waals surface area contributed by atoms with Crippen LogP contribution in [0.4, 0.5) is 5.69 Å². The van der Waals surface area contributed by atoms with Gasteiger partial charge in [0.1, 0.15) is 12.6 Å². The van der Waals surface area contributed by atoms with Gasteiger partial charge in [-0.3, -0.25) is 13.9 Å². The molecule has 0 spiro atoms. The molecule has 230 valence electrons. The molecular formula is C35H38ClN3O4S. The Morgan fingerprint density at radius 3 is 2.11 bits per heavy atom. The number of carbonyl (C=O) groups is 2. The Morgan fingerprint density at radius 1 is 0.841 bits per heavy atom. The van der Waals surface area contributed by atoms with E-state index < -0.39 is 28.5 Å². The second-order valence-electron chi connectivity index (χ2n) is 11.1. The standard InChI is InChI=1S/C35H38ClN3O4S/c1-26(2)23-37-35(41)33(21-28-14-6-4-7-15-28)38(24-29-16-11-10-13-27(29)3)34(40)25-39(31-18-12-17-30(36)22-31)44(42,43)32-19-8-5-9-20-32/h4-20,22,26,33H,21,23-25H2,1-3H3,(H,37,41). The number of hydrogen-bond acceptors (Lipinski definition) is 4. The van der Waals surface area contributed by atoms with Crippen LogP contribution in [0.1, 0.15) is 30.5 Å². The quantitative estimate of drug-likeness (QED) is 0.189. The van der Waals surface area contributed by atoms with Gasteiger partial charge in [0, 0.05) is 24.5 Å². The van der Waals surface area contributed by atoms with Crippen molar-refractivity contribution in [3.8, 4) is 0 Å². The molecule has 7 nitrogen and oxygen atoms in total. The summed E-state index contributed by atoms with van der Waals surface area (Å²) in [5.74, 6) is -0.621. The summed E-state index contributed by atoms with van der Waals surface area (Å²) in [7, 11) is -4.18. The molecule has 0 bridgehead atoms. The van der Waals surface area contributed by atoms with Crippen LogP contribution in [-0.4, -0.2) is 44.3 Å². The van der Waals surface area contributed by atoms with E-state index in [1.54, 1.807) is 36.4 Å². The van der Waals surface area contributed by atoms with E-state index in [9.17, 15) is 18.0 Å². The number of carbonyl (C=O) groups excluding carboxylic acids is 2. The van der Waals surface area contributed by atoms with Crippen LogP contribution < -0.4 is 9.62 Å². The number of sulfonamides is 1. The Kier molecular flexibility index (Phi) is 11.2. The molecule has 1 N–H and O–H groups in total. The first-order valence-corrected chi connectivity index (χ1v) is 16.4. The molecule has 0 aliphatic carbocycles. The molecule has 1 atom stereocenters. The first kappa shape index (κ1) is 32.8. The van der Waals surface area contributed by atoms with Gasteiger partial charge in [-0.05, 0) is 59.9 Å². The normalized spacial score (nSPS) is 12.0. The van der Waals surface area contributed by atoms with Crippen molar-refractivity contribution in [2.45, 2.75) is 44.7 Å². The Bertz CT molecular complexity index is 1660. The number of amides is 2. The summed E-state index contributed by atoms with van der Waals surface area (Å²) in [6.45, 7) is 5.97. The average Bonchev–Trinajstić information content (AvgIpc) is 3.02. The minimum Gasteiger partial charge on any atom is -0.354 e. The van der Waals surface area contributed by atoms with Crippen LogP contribution >= 0.6 is 11.6 Å². The molecule has 4 aromatic rings. The van der Waals surface area contributed by atoms with E-state index in [0.717, 1.165) is 21.0 Å². The summed E-state index contributed by atoms with van der Waals surface area (Å²) in [6.07, 6.45) is 0.255. The Labute approximate surface area is 265 Å².